The molecule has 12 heteroatoms. The Balaban J connectivity index is 1.28. The smallest absolute Gasteiger partial charge is 0.270 e. The van der Waals surface area contributed by atoms with Crippen molar-refractivity contribution in [2.45, 2.75) is 19.3 Å². The summed E-state index contributed by atoms with van der Waals surface area (Å²) in [5.41, 5.74) is 3.17. The number of likely N-dealkylation sites (tertiary alicyclic amines) is 1. The molecule has 2 N–H and O–H groups in total. The molecular formula is C30H33N7O5. The monoisotopic (exact) mass is 571 g/mol. The molecule has 0 unspecified atom stereocenters. The van der Waals surface area contributed by atoms with E-state index in [1.165, 1.54) is 6.20 Å². The molecule has 0 spiro atoms. The molecule has 5 heterocycles. The normalized spacial score (nSPS) is 19.5. The minimum absolute atomic E-state index is 0.134. The van der Waals surface area contributed by atoms with E-state index in [4.69, 9.17) is 9.47 Å². The number of nitrogens with zero attached hydrogens (tertiary/aromatic N) is 5. The van der Waals surface area contributed by atoms with Crippen molar-refractivity contribution in [3.63, 3.8) is 0 Å². The van der Waals surface area contributed by atoms with Gasteiger partial charge in [-0.05, 0) is 48.7 Å². The van der Waals surface area contributed by atoms with Gasteiger partial charge in [0.1, 0.15) is 17.9 Å². The molecule has 0 radical (unpaired) electrons. The third-order valence-corrected chi connectivity index (χ3v) is 7.91. The summed E-state index contributed by atoms with van der Waals surface area (Å²) < 4.78 is 13.3. The van der Waals surface area contributed by atoms with Gasteiger partial charge in [0, 0.05) is 50.7 Å². The molecule has 2 atom stereocenters. The average molecular weight is 572 g/mol. The Bertz CT molecular complexity index is 1620. The molecule has 6 rings (SSSR count). The van der Waals surface area contributed by atoms with Crippen molar-refractivity contribution < 1.29 is 23.9 Å². The van der Waals surface area contributed by atoms with Crippen LogP contribution in [0, 0.1) is 12.8 Å². The summed E-state index contributed by atoms with van der Waals surface area (Å²) in [5.74, 6) is -0.159. The van der Waals surface area contributed by atoms with E-state index < -0.39 is 5.92 Å². The van der Waals surface area contributed by atoms with Crippen molar-refractivity contribution in [3.8, 4) is 11.5 Å². The van der Waals surface area contributed by atoms with E-state index in [1.54, 1.807) is 46.0 Å². The van der Waals surface area contributed by atoms with Gasteiger partial charge in [0.2, 0.25) is 5.91 Å². The van der Waals surface area contributed by atoms with Gasteiger partial charge >= 0.3 is 0 Å². The van der Waals surface area contributed by atoms with Crippen LogP contribution in [-0.2, 0) is 4.79 Å². The second-order valence-electron chi connectivity index (χ2n) is 10.7. The number of rotatable bonds is 3. The summed E-state index contributed by atoms with van der Waals surface area (Å²) in [6, 6.07) is 9.12. The average Bonchev–Trinajstić information content (AvgIpc) is 3.77. The van der Waals surface area contributed by atoms with Gasteiger partial charge in [0.15, 0.2) is 17.1 Å². The number of aryl methyl sites for hydroxylation is 1. The summed E-state index contributed by atoms with van der Waals surface area (Å²) in [5, 5.41) is 7.37. The lowest BCUT2D eigenvalue weighted by Gasteiger charge is -2.25. The predicted molar refractivity (Wildman–Crippen MR) is 153 cm³/mol. The summed E-state index contributed by atoms with van der Waals surface area (Å²) in [7, 11) is 1.57. The number of H-pyrrole nitrogens is 1. The first-order valence-corrected chi connectivity index (χ1v) is 14.0. The number of aromatic nitrogens is 4. The standard InChI is InChI=1S/C30H33N7O5/c1-19-14-33-27-21(15-34-37(27)16-19)29(39)36-17-22-20-6-7-25(41-2)26(13-20)42-12-11-35(30(40)24-5-3-8-31-24)10-4-9-32-28(38)23(22)18-36/h3,5-8,13-16,22-23,31H,4,9-12,17-18H2,1-2H3,(H,32,38)/t22-,23+/m1/s1. The van der Waals surface area contributed by atoms with Crippen LogP contribution in [0.25, 0.3) is 5.65 Å². The second kappa shape index (κ2) is 11.6. The quantitative estimate of drug-likeness (QED) is 0.385. The molecule has 3 amide bonds. The molecule has 12 nitrogen and oxygen atoms in total. The molecule has 1 fully saturated rings. The maximum atomic E-state index is 13.7. The van der Waals surface area contributed by atoms with E-state index in [0.717, 1.165) is 11.1 Å². The molecule has 0 saturated carbocycles. The van der Waals surface area contributed by atoms with Crippen molar-refractivity contribution in [2.75, 3.05) is 46.4 Å². The van der Waals surface area contributed by atoms with Crippen molar-refractivity contribution in [1.29, 1.82) is 0 Å². The summed E-state index contributed by atoms with van der Waals surface area (Å²) >= 11 is 0. The van der Waals surface area contributed by atoms with Crippen LogP contribution < -0.4 is 14.8 Å². The Hall–Kier alpha value is -4.87. The number of hydrogen-bond acceptors (Lipinski definition) is 7. The zero-order valence-electron chi connectivity index (χ0n) is 23.6. The third kappa shape index (κ3) is 5.27. The number of aromatic amines is 1. The van der Waals surface area contributed by atoms with Gasteiger partial charge in [-0.1, -0.05) is 6.07 Å². The number of carbonyl (C=O) groups excluding carboxylic acids is 3. The van der Waals surface area contributed by atoms with Crippen LogP contribution in [-0.4, -0.2) is 93.5 Å². The molecule has 2 aliphatic rings. The molecule has 0 aliphatic carbocycles. The number of ether oxygens (including phenoxy) is 2. The number of nitrogens with one attached hydrogen (secondary N) is 2. The fourth-order valence-corrected chi connectivity index (χ4v) is 5.73. The fraction of sp³-hybridized carbons (Fsp3) is 0.367. The SMILES string of the molecule is COc1ccc2cc1OCCN(C(=O)c1ccc[nH]1)CCCNC(=O)[C@H]1CN(C(=O)c3cnn4cc(C)cnc34)C[C@H]21. The zero-order valence-corrected chi connectivity index (χ0v) is 23.6. The number of hydrogen-bond donors (Lipinski definition) is 2. The highest BCUT2D eigenvalue weighted by molar-refractivity contribution is 6.00. The number of carbonyl (C=O) groups is 3. The minimum atomic E-state index is -0.480. The van der Waals surface area contributed by atoms with Gasteiger partial charge in [-0.2, -0.15) is 5.10 Å². The van der Waals surface area contributed by atoms with Gasteiger partial charge < -0.3 is 29.6 Å². The molecule has 42 heavy (non-hydrogen) atoms. The molecule has 1 saturated heterocycles. The maximum Gasteiger partial charge on any atom is 0.270 e. The van der Waals surface area contributed by atoms with E-state index in [1.807, 2.05) is 31.3 Å². The maximum absolute atomic E-state index is 13.7. The molecule has 218 valence electrons. The van der Waals surface area contributed by atoms with Crippen LogP contribution in [0.2, 0.25) is 0 Å². The van der Waals surface area contributed by atoms with Crippen LogP contribution in [0.1, 0.15) is 44.3 Å². The Morgan fingerprint density at radius 3 is 2.74 bits per heavy atom. The lowest BCUT2D eigenvalue weighted by atomic mass is 9.88. The van der Waals surface area contributed by atoms with Crippen LogP contribution in [0.5, 0.6) is 11.5 Å². The van der Waals surface area contributed by atoms with Gasteiger partial charge in [-0.25, -0.2) is 9.50 Å². The first-order valence-electron chi connectivity index (χ1n) is 14.0. The first-order chi connectivity index (χ1) is 20.4. The molecule has 4 aromatic rings. The van der Waals surface area contributed by atoms with Gasteiger partial charge in [0.25, 0.3) is 11.8 Å². The van der Waals surface area contributed by atoms with E-state index in [0.29, 0.717) is 61.0 Å². The number of amides is 3. The topological polar surface area (TPSA) is 134 Å². The molecule has 2 bridgehead atoms. The largest absolute Gasteiger partial charge is 0.493 e. The van der Waals surface area contributed by atoms with Crippen molar-refractivity contribution in [3.05, 3.63) is 77.5 Å². The zero-order chi connectivity index (χ0) is 29.2. The Morgan fingerprint density at radius 2 is 1.93 bits per heavy atom. The Kier molecular flexibility index (Phi) is 7.51. The van der Waals surface area contributed by atoms with Gasteiger partial charge in [-0.15, -0.1) is 0 Å². The lowest BCUT2D eigenvalue weighted by molar-refractivity contribution is -0.124. The van der Waals surface area contributed by atoms with Crippen molar-refractivity contribution >= 4 is 23.4 Å². The van der Waals surface area contributed by atoms with Crippen molar-refractivity contribution in [1.82, 2.24) is 34.7 Å². The molecule has 2 aliphatic heterocycles. The second-order valence-corrected chi connectivity index (χ2v) is 10.7. The lowest BCUT2D eigenvalue weighted by Crippen LogP contribution is -2.39. The Labute approximate surface area is 242 Å². The highest BCUT2D eigenvalue weighted by Crippen LogP contribution is 2.38. The van der Waals surface area contributed by atoms with Crippen molar-refractivity contribution in [2.24, 2.45) is 5.92 Å². The van der Waals surface area contributed by atoms with Crippen LogP contribution in [0.15, 0.2) is 55.1 Å². The predicted octanol–water partition coefficient (Wildman–Crippen LogP) is 2.27. The molecular weight excluding hydrogens is 538 g/mol. The van der Waals surface area contributed by atoms with Gasteiger partial charge in [-0.3, -0.25) is 14.4 Å². The highest BCUT2D eigenvalue weighted by atomic mass is 16.5. The number of fused-ring (bicyclic) bond motifs is 5. The minimum Gasteiger partial charge on any atom is -0.493 e. The summed E-state index contributed by atoms with van der Waals surface area (Å²) in [6.45, 7) is 3.98. The Morgan fingerprint density at radius 1 is 1.07 bits per heavy atom. The third-order valence-electron chi connectivity index (χ3n) is 7.91. The fourth-order valence-electron chi connectivity index (χ4n) is 5.73. The molecule has 1 aromatic carbocycles. The summed E-state index contributed by atoms with van der Waals surface area (Å²) in [4.78, 5) is 51.2. The first kappa shape index (κ1) is 27.3. The highest BCUT2D eigenvalue weighted by Gasteiger charge is 2.41. The van der Waals surface area contributed by atoms with E-state index in [2.05, 4.69) is 20.4 Å². The van der Waals surface area contributed by atoms with E-state index in [-0.39, 0.29) is 36.8 Å². The summed E-state index contributed by atoms with van der Waals surface area (Å²) in [6.07, 6.45) is 7.33. The number of benzene rings is 1. The van der Waals surface area contributed by atoms with Gasteiger partial charge in [0.05, 0.1) is 25.8 Å². The van der Waals surface area contributed by atoms with Crippen LogP contribution in [0.4, 0.5) is 0 Å². The van der Waals surface area contributed by atoms with E-state index >= 15 is 0 Å². The van der Waals surface area contributed by atoms with E-state index in [9.17, 15) is 14.4 Å². The van der Waals surface area contributed by atoms with Crippen LogP contribution in [0.3, 0.4) is 0 Å². The molecule has 3 aromatic heterocycles. The number of methoxy groups -OCH3 is 1. The van der Waals surface area contributed by atoms with Crippen LogP contribution >= 0.6 is 0 Å².